The fraction of sp³-hybridized carbons (Fsp3) is 0.130. The Morgan fingerprint density at radius 2 is 1.70 bits per heavy atom. The molecule has 1 amide bonds. The first-order valence-electron chi connectivity index (χ1n) is 8.79. The molecule has 27 heavy (non-hydrogen) atoms. The Hall–Kier alpha value is -3.40. The third-order valence-corrected chi connectivity index (χ3v) is 4.07. The van der Waals surface area contributed by atoms with Crippen LogP contribution >= 0.6 is 0 Å². The van der Waals surface area contributed by atoms with Crippen LogP contribution in [0.1, 0.15) is 32.6 Å². The van der Waals surface area contributed by atoms with Gasteiger partial charge in [0.05, 0.1) is 6.21 Å². The molecule has 1 N–H and O–H groups in total. The predicted molar refractivity (Wildman–Crippen MR) is 108 cm³/mol. The molecule has 136 valence electrons. The maximum atomic E-state index is 12.0. The highest BCUT2D eigenvalue weighted by Gasteiger charge is 2.03. The van der Waals surface area contributed by atoms with Crippen LogP contribution < -0.4 is 10.2 Å². The first kappa shape index (κ1) is 18.4. The van der Waals surface area contributed by atoms with E-state index < -0.39 is 0 Å². The zero-order valence-electron chi connectivity index (χ0n) is 15.5. The van der Waals surface area contributed by atoms with Gasteiger partial charge in [-0.2, -0.15) is 5.10 Å². The van der Waals surface area contributed by atoms with Gasteiger partial charge >= 0.3 is 0 Å². The third kappa shape index (κ3) is 5.54. The summed E-state index contributed by atoms with van der Waals surface area (Å²) in [6.45, 7) is 4.54. The summed E-state index contributed by atoms with van der Waals surface area (Å²) in [6.07, 6.45) is 1.61. The second-order valence-corrected chi connectivity index (χ2v) is 6.41. The van der Waals surface area contributed by atoms with Crippen LogP contribution in [-0.4, -0.2) is 12.1 Å². The summed E-state index contributed by atoms with van der Waals surface area (Å²) in [5.74, 6) is 0.560. The largest absolute Gasteiger partial charge is 0.489 e. The molecule has 0 saturated heterocycles. The quantitative estimate of drug-likeness (QED) is 0.515. The molecule has 0 heterocycles. The molecule has 0 aromatic heterocycles. The van der Waals surface area contributed by atoms with Crippen molar-refractivity contribution in [3.05, 3.63) is 101 Å². The van der Waals surface area contributed by atoms with Crippen molar-refractivity contribution in [2.75, 3.05) is 0 Å². The number of nitrogens with zero attached hydrogens (tertiary/aromatic N) is 1. The molecule has 0 aliphatic carbocycles. The molecule has 4 nitrogen and oxygen atoms in total. The maximum absolute atomic E-state index is 12.0. The molecule has 0 fully saturated rings. The van der Waals surface area contributed by atoms with Crippen molar-refractivity contribution < 1.29 is 9.53 Å². The summed E-state index contributed by atoms with van der Waals surface area (Å²) in [4.78, 5) is 12.0. The number of nitrogens with one attached hydrogen (secondary N) is 1. The number of carbonyl (C=O) groups is 1. The van der Waals surface area contributed by atoms with Gasteiger partial charge in [-0.1, -0.05) is 47.5 Å². The maximum Gasteiger partial charge on any atom is 0.271 e. The Kier molecular flexibility index (Phi) is 6.00. The second-order valence-electron chi connectivity index (χ2n) is 6.41. The molecule has 3 aromatic carbocycles. The van der Waals surface area contributed by atoms with E-state index in [0.717, 1.165) is 22.4 Å². The molecule has 0 aliphatic rings. The Morgan fingerprint density at radius 3 is 2.41 bits per heavy atom. The highest BCUT2D eigenvalue weighted by atomic mass is 16.5. The van der Waals surface area contributed by atoms with Crippen LogP contribution in [-0.2, 0) is 6.61 Å². The smallest absolute Gasteiger partial charge is 0.271 e. The van der Waals surface area contributed by atoms with Crippen LogP contribution in [0, 0.1) is 13.8 Å². The highest BCUT2D eigenvalue weighted by Crippen LogP contribution is 2.14. The molecule has 3 aromatic rings. The Labute approximate surface area is 159 Å². The van der Waals surface area contributed by atoms with Crippen LogP contribution in [0.2, 0.25) is 0 Å². The second kappa shape index (κ2) is 8.81. The van der Waals surface area contributed by atoms with Gasteiger partial charge in [-0.05, 0) is 61.4 Å². The summed E-state index contributed by atoms with van der Waals surface area (Å²) in [6, 6.07) is 23.2. The summed E-state index contributed by atoms with van der Waals surface area (Å²) in [5, 5.41) is 4.01. The van der Waals surface area contributed by atoms with Crippen LogP contribution in [0.15, 0.2) is 77.9 Å². The van der Waals surface area contributed by atoms with Crippen molar-refractivity contribution in [1.82, 2.24) is 5.43 Å². The first-order valence-corrected chi connectivity index (χ1v) is 8.79. The van der Waals surface area contributed by atoms with E-state index in [0.29, 0.717) is 12.2 Å². The van der Waals surface area contributed by atoms with Crippen molar-refractivity contribution in [3.63, 3.8) is 0 Å². The van der Waals surface area contributed by atoms with Gasteiger partial charge in [0.15, 0.2) is 0 Å². The molecule has 0 spiro atoms. The number of carbonyl (C=O) groups excluding carboxylic acids is 1. The molecular formula is C23H22N2O2. The van der Waals surface area contributed by atoms with Gasteiger partial charge in [0, 0.05) is 5.56 Å². The minimum atomic E-state index is -0.229. The molecular weight excluding hydrogens is 336 g/mol. The normalized spacial score (nSPS) is 10.7. The highest BCUT2D eigenvalue weighted by molar-refractivity contribution is 5.95. The number of hydrogen-bond donors (Lipinski definition) is 1. The first-order chi connectivity index (χ1) is 13.1. The molecule has 0 aliphatic heterocycles. The number of amides is 1. The van der Waals surface area contributed by atoms with Gasteiger partial charge in [-0.25, -0.2) is 5.43 Å². The molecule has 0 saturated carbocycles. The van der Waals surface area contributed by atoms with Gasteiger partial charge in [0.1, 0.15) is 12.4 Å². The minimum absolute atomic E-state index is 0.229. The van der Waals surface area contributed by atoms with Gasteiger partial charge in [0.2, 0.25) is 0 Å². The summed E-state index contributed by atoms with van der Waals surface area (Å²) in [5.41, 5.74) is 7.40. The lowest BCUT2D eigenvalue weighted by Crippen LogP contribution is -2.17. The third-order valence-electron chi connectivity index (χ3n) is 4.07. The minimum Gasteiger partial charge on any atom is -0.489 e. The lowest BCUT2D eigenvalue weighted by molar-refractivity contribution is 0.0955. The average Bonchev–Trinajstić information content (AvgIpc) is 2.68. The summed E-state index contributed by atoms with van der Waals surface area (Å²) < 4.78 is 5.78. The lowest BCUT2D eigenvalue weighted by atomic mass is 10.1. The fourth-order valence-electron chi connectivity index (χ4n) is 2.52. The van der Waals surface area contributed by atoms with Crippen molar-refractivity contribution in [2.45, 2.75) is 20.5 Å². The monoisotopic (exact) mass is 358 g/mol. The number of hydrazone groups is 1. The van der Waals surface area contributed by atoms with Crippen LogP contribution in [0.5, 0.6) is 5.75 Å². The molecule has 0 bridgehead atoms. The SMILES string of the molecule is Cc1ccc(COc2ccc(/C=N/NC(=O)c3cccc(C)c3)cc2)cc1. The molecule has 0 unspecified atom stereocenters. The number of hydrogen-bond acceptors (Lipinski definition) is 3. The standard InChI is InChI=1S/C23H22N2O2/c1-17-6-8-20(9-7-17)16-27-22-12-10-19(11-13-22)15-24-25-23(26)21-5-3-4-18(2)14-21/h3-15H,16H2,1-2H3,(H,25,26)/b24-15+. The predicted octanol–water partition coefficient (Wildman–Crippen LogP) is 4.65. The van der Waals surface area contributed by atoms with E-state index in [9.17, 15) is 4.79 Å². The van der Waals surface area contributed by atoms with E-state index in [-0.39, 0.29) is 5.91 Å². The van der Waals surface area contributed by atoms with Crippen molar-refractivity contribution >= 4 is 12.1 Å². The van der Waals surface area contributed by atoms with E-state index in [4.69, 9.17) is 4.74 Å². The van der Waals surface area contributed by atoms with E-state index in [1.54, 1.807) is 12.3 Å². The van der Waals surface area contributed by atoms with Gasteiger partial charge in [-0.15, -0.1) is 0 Å². The van der Waals surface area contributed by atoms with Crippen LogP contribution in [0.25, 0.3) is 0 Å². The Balaban J connectivity index is 1.51. The van der Waals surface area contributed by atoms with E-state index >= 15 is 0 Å². The summed E-state index contributed by atoms with van der Waals surface area (Å²) >= 11 is 0. The van der Waals surface area contributed by atoms with E-state index in [2.05, 4.69) is 41.7 Å². The van der Waals surface area contributed by atoms with Crippen molar-refractivity contribution in [1.29, 1.82) is 0 Å². The molecule has 3 rings (SSSR count). The van der Waals surface area contributed by atoms with Gasteiger partial charge in [0.25, 0.3) is 5.91 Å². The zero-order valence-corrected chi connectivity index (χ0v) is 15.5. The van der Waals surface area contributed by atoms with Gasteiger partial charge < -0.3 is 4.74 Å². The van der Waals surface area contributed by atoms with Crippen LogP contribution in [0.3, 0.4) is 0 Å². The Morgan fingerprint density at radius 1 is 0.963 bits per heavy atom. The number of aryl methyl sites for hydroxylation is 2. The number of ether oxygens (including phenoxy) is 1. The van der Waals surface area contributed by atoms with E-state index in [1.807, 2.05) is 49.4 Å². The molecule has 0 radical (unpaired) electrons. The average molecular weight is 358 g/mol. The topological polar surface area (TPSA) is 50.7 Å². The number of benzene rings is 3. The van der Waals surface area contributed by atoms with Crippen molar-refractivity contribution in [2.24, 2.45) is 5.10 Å². The Bertz CT molecular complexity index is 929. The van der Waals surface area contributed by atoms with Crippen LogP contribution in [0.4, 0.5) is 0 Å². The lowest BCUT2D eigenvalue weighted by Gasteiger charge is -2.07. The summed E-state index contributed by atoms with van der Waals surface area (Å²) in [7, 11) is 0. The fourth-order valence-corrected chi connectivity index (χ4v) is 2.52. The van der Waals surface area contributed by atoms with Crippen molar-refractivity contribution in [3.8, 4) is 5.75 Å². The van der Waals surface area contributed by atoms with Gasteiger partial charge in [-0.3, -0.25) is 4.79 Å². The molecule has 0 atom stereocenters. The molecule has 4 heteroatoms. The number of rotatable bonds is 6. The zero-order chi connectivity index (χ0) is 19.1. The van der Waals surface area contributed by atoms with E-state index in [1.165, 1.54) is 5.56 Å².